The lowest BCUT2D eigenvalue weighted by molar-refractivity contribution is 0.319. The highest BCUT2D eigenvalue weighted by molar-refractivity contribution is 7.98. The van der Waals surface area contributed by atoms with Crippen molar-refractivity contribution in [2.75, 3.05) is 36.2 Å². The summed E-state index contributed by atoms with van der Waals surface area (Å²) in [5.41, 5.74) is 7.73. The molecular formula is C13H22N2OS. The molecule has 0 atom stereocenters. The van der Waals surface area contributed by atoms with Gasteiger partial charge < -0.3 is 15.8 Å². The first kappa shape index (κ1) is 14.0. The highest BCUT2D eigenvalue weighted by atomic mass is 32.2. The van der Waals surface area contributed by atoms with E-state index in [4.69, 9.17) is 10.5 Å². The Labute approximate surface area is 108 Å². The van der Waals surface area contributed by atoms with Crippen LogP contribution in [0.2, 0.25) is 0 Å². The zero-order chi connectivity index (χ0) is 12.5. The summed E-state index contributed by atoms with van der Waals surface area (Å²) < 4.78 is 5.58. The van der Waals surface area contributed by atoms with Gasteiger partial charge in [-0.2, -0.15) is 11.8 Å². The lowest BCUT2D eigenvalue weighted by Crippen LogP contribution is -2.06. The topological polar surface area (TPSA) is 47.3 Å². The molecule has 0 aromatic heterocycles. The smallest absolute Gasteiger partial charge is 0.144 e. The number of rotatable bonds is 8. The van der Waals surface area contributed by atoms with E-state index in [1.54, 1.807) is 0 Å². The molecule has 3 nitrogen and oxygen atoms in total. The van der Waals surface area contributed by atoms with Crippen molar-refractivity contribution in [1.29, 1.82) is 0 Å². The van der Waals surface area contributed by atoms with Crippen molar-refractivity contribution < 1.29 is 4.74 Å². The van der Waals surface area contributed by atoms with Gasteiger partial charge in [0.15, 0.2) is 0 Å². The van der Waals surface area contributed by atoms with Crippen LogP contribution in [0.15, 0.2) is 18.2 Å². The second kappa shape index (κ2) is 8.12. The van der Waals surface area contributed by atoms with Gasteiger partial charge in [-0.1, -0.05) is 13.0 Å². The Morgan fingerprint density at radius 3 is 2.94 bits per heavy atom. The molecule has 1 aromatic carbocycles. The number of anilines is 2. The molecule has 4 heteroatoms. The summed E-state index contributed by atoms with van der Waals surface area (Å²) in [4.78, 5) is 0. The first-order chi connectivity index (χ1) is 8.29. The van der Waals surface area contributed by atoms with E-state index in [1.807, 2.05) is 30.0 Å². The number of ether oxygens (including phenoxy) is 1. The molecule has 0 aliphatic heterocycles. The van der Waals surface area contributed by atoms with E-state index in [9.17, 15) is 0 Å². The molecule has 1 aromatic rings. The maximum atomic E-state index is 6.05. The first-order valence-electron chi connectivity index (χ1n) is 6.03. The minimum absolute atomic E-state index is 0.708. The van der Waals surface area contributed by atoms with Crippen LogP contribution in [-0.4, -0.2) is 25.2 Å². The average molecular weight is 254 g/mol. The molecule has 0 aliphatic rings. The van der Waals surface area contributed by atoms with Crippen LogP contribution in [-0.2, 0) is 0 Å². The number of thioether (sulfide) groups is 1. The SMILES string of the molecule is CCCOc1cccc(NCCCSC)c1N. The molecule has 0 heterocycles. The Bertz CT molecular complexity index is 331. The lowest BCUT2D eigenvalue weighted by atomic mass is 10.2. The highest BCUT2D eigenvalue weighted by Crippen LogP contribution is 2.29. The van der Waals surface area contributed by atoms with Gasteiger partial charge in [0.05, 0.1) is 18.0 Å². The van der Waals surface area contributed by atoms with E-state index >= 15 is 0 Å². The summed E-state index contributed by atoms with van der Waals surface area (Å²) in [6.45, 7) is 3.74. The molecule has 0 saturated heterocycles. The summed E-state index contributed by atoms with van der Waals surface area (Å²) in [7, 11) is 0. The van der Waals surface area contributed by atoms with E-state index in [0.29, 0.717) is 12.3 Å². The fourth-order valence-electron chi connectivity index (χ4n) is 1.48. The second-order valence-corrected chi connectivity index (χ2v) is 4.82. The molecule has 0 bridgehead atoms. The highest BCUT2D eigenvalue weighted by Gasteiger charge is 2.04. The number of benzene rings is 1. The maximum absolute atomic E-state index is 6.05. The zero-order valence-electron chi connectivity index (χ0n) is 10.7. The van der Waals surface area contributed by atoms with Gasteiger partial charge in [0.2, 0.25) is 0 Å². The summed E-state index contributed by atoms with van der Waals surface area (Å²) in [5, 5.41) is 3.35. The Morgan fingerprint density at radius 2 is 2.24 bits per heavy atom. The van der Waals surface area contributed by atoms with Crippen LogP contribution < -0.4 is 15.8 Å². The van der Waals surface area contributed by atoms with Gasteiger partial charge in [-0.25, -0.2) is 0 Å². The van der Waals surface area contributed by atoms with Crippen LogP contribution in [0, 0.1) is 0 Å². The first-order valence-corrected chi connectivity index (χ1v) is 7.43. The van der Waals surface area contributed by atoms with Crippen LogP contribution in [0.5, 0.6) is 5.75 Å². The van der Waals surface area contributed by atoms with E-state index < -0.39 is 0 Å². The monoisotopic (exact) mass is 254 g/mol. The molecule has 0 aliphatic carbocycles. The molecule has 1 rings (SSSR count). The summed E-state index contributed by atoms with van der Waals surface area (Å²) >= 11 is 1.86. The average Bonchev–Trinajstić information content (AvgIpc) is 2.35. The molecule has 17 heavy (non-hydrogen) atoms. The molecule has 0 saturated carbocycles. The van der Waals surface area contributed by atoms with E-state index in [1.165, 1.54) is 5.75 Å². The zero-order valence-corrected chi connectivity index (χ0v) is 11.5. The number of nitrogens with two attached hydrogens (primary N) is 1. The predicted molar refractivity (Wildman–Crippen MR) is 78.1 cm³/mol. The van der Waals surface area contributed by atoms with E-state index in [2.05, 4.69) is 18.5 Å². The van der Waals surface area contributed by atoms with Crippen molar-refractivity contribution in [2.24, 2.45) is 0 Å². The standard InChI is InChI=1S/C13H22N2OS/c1-3-9-16-12-7-4-6-11(13(12)14)15-8-5-10-17-2/h4,6-7,15H,3,5,8-10,14H2,1-2H3. The van der Waals surface area contributed by atoms with Gasteiger partial charge in [0, 0.05) is 6.54 Å². The molecular weight excluding hydrogens is 232 g/mol. The molecule has 0 radical (unpaired) electrons. The van der Waals surface area contributed by atoms with Crippen LogP contribution in [0.3, 0.4) is 0 Å². The van der Waals surface area contributed by atoms with Gasteiger partial charge in [0.25, 0.3) is 0 Å². The number of nitrogen functional groups attached to an aromatic ring is 1. The van der Waals surface area contributed by atoms with Gasteiger partial charge in [0.1, 0.15) is 5.75 Å². The largest absolute Gasteiger partial charge is 0.491 e. The molecule has 0 amide bonds. The van der Waals surface area contributed by atoms with Crippen molar-refractivity contribution in [2.45, 2.75) is 19.8 Å². The van der Waals surface area contributed by atoms with E-state index in [-0.39, 0.29) is 0 Å². The lowest BCUT2D eigenvalue weighted by Gasteiger charge is -2.13. The predicted octanol–water partition coefficient (Wildman–Crippen LogP) is 3.22. The van der Waals surface area contributed by atoms with E-state index in [0.717, 1.165) is 30.8 Å². The minimum atomic E-state index is 0.708. The van der Waals surface area contributed by atoms with Crippen LogP contribution in [0.4, 0.5) is 11.4 Å². The minimum Gasteiger partial charge on any atom is -0.491 e. The van der Waals surface area contributed by atoms with Crippen LogP contribution in [0.1, 0.15) is 19.8 Å². The van der Waals surface area contributed by atoms with Crippen molar-refractivity contribution in [3.63, 3.8) is 0 Å². The second-order valence-electron chi connectivity index (χ2n) is 3.84. The van der Waals surface area contributed by atoms with Crippen molar-refractivity contribution in [3.05, 3.63) is 18.2 Å². The third-order valence-electron chi connectivity index (χ3n) is 2.37. The fraction of sp³-hybridized carbons (Fsp3) is 0.538. The third-order valence-corrected chi connectivity index (χ3v) is 3.07. The molecule has 0 fully saturated rings. The summed E-state index contributed by atoms with van der Waals surface area (Å²) in [6.07, 6.45) is 4.25. The molecule has 0 spiro atoms. The normalized spacial score (nSPS) is 10.2. The van der Waals surface area contributed by atoms with Crippen molar-refractivity contribution in [3.8, 4) is 5.75 Å². The fourth-order valence-corrected chi connectivity index (χ4v) is 1.91. The van der Waals surface area contributed by atoms with Gasteiger partial charge in [-0.3, -0.25) is 0 Å². The number of hydrogen-bond acceptors (Lipinski definition) is 4. The van der Waals surface area contributed by atoms with Crippen molar-refractivity contribution >= 4 is 23.1 Å². The Balaban J connectivity index is 2.53. The molecule has 0 unspecified atom stereocenters. The Kier molecular flexibility index (Phi) is 6.70. The quantitative estimate of drug-likeness (QED) is 0.552. The summed E-state index contributed by atoms with van der Waals surface area (Å²) in [5.74, 6) is 1.94. The van der Waals surface area contributed by atoms with Crippen molar-refractivity contribution in [1.82, 2.24) is 0 Å². The summed E-state index contributed by atoms with van der Waals surface area (Å²) in [6, 6.07) is 5.88. The number of para-hydroxylation sites is 1. The molecule has 3 N–H and O–H groups in total. The van der Waals surface area contributed by atoms with Gasteiger partial charge >= 0.3 is 0 Å². The number of hydrogen-bond donors (Lipinski definition) is 2. The number of nitrogens with one attached hydrogen (secondary N) is 1. The van der Waals surface area contributed by atoms with Crippen LogP contribution in [0.25, 0.3) is 0 Å². The maximum Gasteiger partial charge on any atom is 0.144 e. The third kappa shape index (κ3) is 4.77. The Hall–Kier alpha value is -1.03. The Morgan fingerprint density at radius 1 is 1.41 bits per heavy atom. The molecule has 96 valence electrons. The van der Waals surface area contributed by atoms with Gasteiger partial charge in [-0.05, 0) is 37.0 Å². The van der Waals surface area contributed by atoms with Crippen LogP contribution >= 0.6 is 11.8 Å². The van der Waals surface area contributed by atoms with Gasteiger partial charge in [-0.15, -0.1) is 0 Å².